The average Bonchev–Trinajstić information content (AvgIpc) is 2.71. The molecule has 68 valence electrons. The van der Waals surface area contributed by atoms with Crippen molar-refractivity contribution < 1.29 is 5.11 Å². The average molecular weight is 232 g/mol. The fourth-order valence-corrected chi connectivity index (χ4v) is 2.50. The highest BCUT2D eigenvalue weighted by atomic mass is 35.5. The number of rotatable bonds is 2. The van der Waals surface area contributed by atoms with E-state index in [1.165, 1.54) is 22.7 Å². The SMILES string of the molecule is OCc1nc(-c2csc(Cl)c2)cs1. The van der Waals surface area contributed by atoms with Gasteiger partial charge in [-0.1, -0.05) is 11.6 Å². The molecule has 0 atom stereocenters. The van der Waals surface area contributed by atoms with Gasteiger partial charge in [-0.3, -0.25) is 0 Å². The number of nitrogens with zero attached hydrogens (tertiary/aromatic N) is 1. The van der Waals surface area contributed by atoms with Crippen molar-refractivity contribution in [3.8, 4) is 11.3 Å². The van der Waals surface area contributed by atoms with E-state index < -0.39 is 0 Å². The second-order valence-corrected chi connectivity index (χ2v) is 4.91. The minimum atomic E-state index is 0.00252. The van der Waals surface area contributed by atoms with Crippen molar-refractivity contribution in [2.24, 2.45) is 0 Å². The predicted octanol–water partition coefficient (Wildman–Crippen LogP) is 3.02. The molecule has 2 heterocycles. The molecular formula is C8H6ClNOS2. The van der Waals surface area contributed by atoms with Gasteiger partial charge in [-0.2, -0.15) is 0 Å². The van der Waals surface area contributed by atoms with Gasteiger partial charge in [0.2, 0.25) is 0 Å². The fraction of sp³-hybridized carbons (Fsp3) is 0.125. The molecule has 2 rings (SSSR count). The summed E-state index contributed by atoms with van der Waals surface area (Å²) in [6, 6.07) is 1.88. The first-order valence-corrected chi connectivity index (χ1v) is 5.73. The summed E-state index contributed by atoms with van der Waals surface area (Å²) in [5.74, 6) is 0. The Morgan fingerprint density at radius 3 is 2.77 bits per heavy atom. The summed E-state index contributed by atoms with van der Waals surface area (Å²) in [6.07, 6.45) is 0. The zero-order valence-corrected chi connectivity index (χ0v) is 8.92. The van der Waals surface area contributed by atoms with Crippen LogP contribution in [0.1, 0.15) is 5.01 Å². The molecule has 0 aliphatic rings. The Kier molecular flexibility index (Phi) is 2.64. The summed E-state index contributed by atoms with van der Waals surface area (Å²) in [7, 11) is 0. The maximum Gasteiger partial charge on any atom is 0.119 e. The molecule has 1 N–H and O–H groups in total. The normalized spacial score (nSPS) is 10.6. The molecule has 2 aromatic rings. The molecule has 13 heavy (non-hydrogen) atoms. The zero-order valence-electron chi connectivity index (χ0n) is 6.53. The molecule has 0 bridgehead atoms. The van der Waals surface area contributed by atoms with Crippen molar-refractivity contribution in [3.63, 3.8) is 0 Å². The van der Waals surface area contributed by atoms with E-state index in [0.717, 1.165) is 20.6 Å². The fourth-order valence-electron chi connectivity index (χ4n) is 0.960. The van der Waals surface area contributed by atoms with E-state index in [-0.39, 0.29) is 6.61 Å². The van der Waals surface area contributed by atoms with Crippen molar-refractivity contribution in [1.82, 2.24) is 4.98 Å². The Morgan fingerprint density at radius 1 is 1.38 bits per heavy atom. The van der Waals surface area contributed by atoms with Gasteiger partial charge >= 0.3 is 0 Å². The van der Waals surface area contributed by atoms with Crippen LogP contribution in [0.5, 0.6) is 0 Å². The molecule has 0 amide bonds. The maximum atomic E-state index is 8.83. The van der Waals surface area contributed by atoms with Gasteiger partial charge in [-0.25, -0.2) is 4.98 Å². The summed E-state index contributed by atoms with van der Waals surface area (Å²) in [5.41, 5.74) is 1.91. The van der Waals surface area contributed by atoms with E-state index in [1.54, 1.807) is 0 Å². The number of aliphatic hydroxyl groups excluding tert-OH is 1. The number of aromatic nitrogens is 1. The largest absolute Gasteiger partial charge is 0.389 e. The molecule has 2 aromatic heterocycles. The van der Waals surface area contributed by atoms with Crippen LogP contribution in [0, 0.1) is 0 Å². The molecule has 0 aromatic carbocycles. The first-order chi connectivity index (χ1) is 6.29. The lowest BCUT2D eigenvalue weighted by Crippen LogP contribution is -1.79. The third kappa shape index (κ3) is 1.91. The van der Waals surface area contributed by atoms with Crippen LogP contribution in [0.3, 0.4) is 0 Å². The standard InChI is InChI=1S/C8H6ClNOS2/c9-7-1-5(3-12-7)6-4-13-8(2-11)10-6/h1,3-4,11H,2H2. The lowest BCUT2D eigenvalue weighted by Gasteiger charge is -1.87. The second-order valence-electron chi connectivity index (χ2n) is 2.42. The number of aliphatic hydroxyl groups is 1. The van der Waals surface area contributed by atoms with Crippen molar-refractivity contribution in [1.29, 1.82) is 0 Å². The first kappa shape index (κ1) is 9.15. The first-order valence-electron chi connectivity index (χ1n) is 3.59. The molecule has 0 aliphatic carbocycles. The highest BCUT2D eigenvalue weighted by molar-refractivity contribution is 7.14. The van der Waals surface area contributed by atoms with E-state index in [1.807, 2.05) is 16.8 Å². The Labute approximate surface area is 88.5 Å². The van der Waals surface area contributed by atoms with Crippen molar-refractivity contribution in [2.45, 2.75) is 6.61 Å². The quantitative estimate of drug-likeness (QED) is 0.862. The van der Waals surface area contributed by atoms with Gasteiger partial charge in [0.25, 0.3) is 0 Å². The van der Waals surface area contributed by atoms with Crippen LogP contribution < -0.4 is 0 Å². The molecule has 0 unspecified atom stereocenters. The Hall–Kier alpha value is -0.420. The van der Waals surface area contributed by atoms with E-state index in [2.05, 4.69) is 4.98 Å². The van der Waals surface area contributed by atoms with Gasteiger partial charge in [0, 0.05) is 16.3 Å². The van der Waals surface area contributed by atoms with Crippen LogP contribution in [-0.2, 0) is 6.61 Å². The van der Waals surface area contributed by atoms with Crippen LogP contribution in [0.4, 0.5) is 0 Å². The third-order valence-electron chi connectivity index (χ3n) is 1.55. The highest BCUT2D eigenvalue weighted by Crippen LogP contribution is 2.29. The molecular weight excluding hydrogens is 226 g/mol. The summed E-state index contributed by atoms with van der Waals surface area (Å²) in [5, 5.41) is 13.4. The van der Waals surface area contributed by atoms with Gasteiger partial charge in [0.05, 0.1) is 16.6 Å². The molecule has 0 fully saturated rings. The van der Waals surface area contributed by atoms with Crippen LogP contribution >= 0.6 is 34.3 Å². The van der Waals surface area contributed by atoms with Gasteiger partial charge in [-0.15, -0.1) is 22.7 Å². The summed E-state index contributed by atoms with van der Waals surface area (Å²) >= 11 is 8.73. The smallest absolute Gasteiger partial charge is 0.119 e. The lowest BCUT2D eigenvalue weighted by molar-refractivity contribution is 0.281. The molecule has 0 radical (unpaired) electrons. The van der Waals surface area contributed by atoms with Gasteiger partial charge in [-0.05, 0) is 6.07 Å². The third-order valence-corrected chi connectivity index (χ3v) is 3.47. The number of thiazole rings is 1. The monoisotopic (exact) mass is 231 g/mol. The van der Waals surface area contributed by atoms with Crippen molar-refractivity contribution in [2.75, 3.05) is 0 Å². The van der Waals surface area contributed by atoms with Crippen LogP contribution in [0.15, 0.2) is 16.8 Å². The Balaban J connectivity index is 2.35. The number of halogens is 1. The van der Waals surface area contributed by atoms with Gasteiger partial charge in [0.1, 0.15) is 5.01 Å². The molecule has 0 saturated heterocycles. The van der Waals surface area contributed by atoms with Crippen molar-refractivity contribution >= 4 is 34.3 Å². The summed E-state index contributed by atoms with van der Waals surface area (Å²) < 4.78 is 0.758. The van der Waals surface area contributed by atoms with E-state index in [4.69, 9.17) is 16.7 Å². The molecule has 0 spiro atoms. The summed E-state index contributed by atoms with van der Waals surface area (Å²) in [4.78, 5) is 4.23. The predicted molar refractivity (Wildman–Crippen MR) is 56.4 cm³/mol. The minimum absolute atomic E-state index is 0.00252. The number of thiophene rings is 1. The maximum absolute atomic E-state index is 8.83. The van der Waals surface area contributed by atoms with E-state index >= 15 is 0 Å². The van der Waals surface area contributed by atoms with E-state index in [0.29, 0.717) is 0 Å². The molecule has 2 nitrogen and oxygen atoms in total. The molecule has 0 saturated carbocycles. The van der Waals surface area contributed by atoms with Gasteiger partial charge in [0.15, 0.2) is 0 Å². The van der Waals surface area contributed by atoms with Crippen LogP contribution in [0.2, 0.25) is 4.34 Å². The Bertz CT molecular complexity index is 410. The summed E-state index contributed by atoms with van der Waals surface area (Å²) in [6.45, 7) is 0.00252. The minimum Gasteiger partial charge on any atom is -0.389 e. The molecule has 0 aliphatic heterocycles. The lowest BCUT2D eigenvalue weighted by atomic mass is 10.3. The van der Waals surface area contributed by atoms with E-state index in [9.17, 15) is 0 Å². The number of hydrogen-bond acceptors (Lipinski definition) is 4. The van der Waals surface area contributed by atoms with Crippen LogP contribution in [0.25, 0.3) is 11.3 Å². The highest BCUT2D eigenvalue weighted by Gasteiger charge is 2.05. The molecule has 5 heteroatoms. The van der Waals surface area contributed by atoms with Crippen molar-refractivity contribution in [3.05, 3.63) is 26.2 Å². The topological polar surface area (TPSA) is 33.1 Å². The Morgan fingerprint density at radius 2 is 2.23 bits per heavy atom. The number of hydrogen-bond donors (Lipinski definition) is 1. The zero-order chi connectivity index (χ0) is 9.26. The second kappa shape index (κ2) is 3.75. The van der Waals surface area contributed by atoms with Gasteiger partial charge < -0.3 is 5.11 Å². The van der Waals surface area contributed by atoms with Crippen LogP contribution in [-0.4, -0.2) is 10.1 Å².